The van der Waals surface area contributed by atoms with E-state index in [0.717, 1.165) is 6.07 Å². The molecular weight excluding hydrogens is 272 g/mol. The minimum Gasteiger partial charge on any atom is -0.434 e. The Hall–Kier alpha value is -1.99. The first-order chi connectivity index (χ1) is 9.20. The highest BCUT2D eigenvalue weighted by atomic mass is 32.1. The second-order valence-corrected chi connectivity index (χ2v) is 4.65. The Morgan fingerprint density at radius 2 is 2.21 bits per heavy atom. The van der Waals surface area contributed by atoms with Crippen molar-refractivity contribution in [2.75, 3.05) is 0 Å². The van der Waals surface area contributed by atoms with E-state index in [2.05, 4.69) is 4.98 Å². The van der Waals surface area contributed by atoms with E-state index in [9.17, 15) is 8.78 Å². The Morgan fingerprint density at radius 1 is 1.37 bits per heavy atom. The minimum atomic E-state index is -1.04. The van der Waals surface area contributed by atoms with Crippen molar-refractivity contribution < 1.29 is 13.5 Å². The number of rotatable bonds is 3. The van der Waals surface area contributed by atoms with Crippen LogP contribution in [0.3, 0.4) is 0 Å². The molecule has 98 valence electrons. The molecular formula is C12H9F2N3OS. The molecule has 0 radical (unpaired) electrons. The lowest BCUT2D eigenvalue weighted by molar-refractivity contribution is 0.403. The summed E-state index contributed by atoms with van der Waals surface area (Å²) in [5, 5.41) is 1.86. The van der Waals surface area contributed by atoms with Crippen LogP contribution in [0.4, 0.5) is 8.78 Å². The van der Waals surface area contributed by atoms with Gasteiger partial charge in [-0.05, 0) is 12.1 Å². The number of benzene rings is 1. The normalized spacial score (nSPS) is 11.1. The molecule has 0 amide bonds. The van der Waals surface area contributed by atoms with Gasteiger partial charge in [0.25, 0.3) is 0 Å². The first-order valence-corrected chi connectivity index (χ1v) is 6.35. The van der Waals surface area contributed by atoms with Crippen molar-refractivity contribution in [2.45, 2.75) is 6.54 Å². The van der Waals surface area contributed by atoms with Crippen LogP contribution in [0.25, 0.3) is 4.96 Å². The zero-order valence-corrected chi connectivity index (χ0v) is 10.5. The van der Waals surface area contributed by atoms with Crippen molar-refractivity contribution >= 4 is 16.3 Å². The fraction of sp³-hybridized carbons (Fsp3) is 0.0833. The van der Waals surface area contributed by atoms with Gasteiger partial charge in [-0.25, -0.2) is 4.39 Å². The van der Waals surface area contributed by atoms with Crippen molar-refractivity contribution in [1.82, 2.24) is 9.38 Å². The molecule has 2 N–H and O–H groups in total. The third kappa shape index (κ3) is 1.96. The molecule has 0 atom stereocenters. The van der Waals surface area contributed by atoms with Gasteiger partial charge in [0.2, 0.25) is 11.7 Å². The zero-order chi connectivity index (χ0) is 13.4. The molecule has 7 heteroatoms. The number of hydrogen-bond acceptors (Lipinski definition) is 4. The van der Waals surface area contributed by atoms with Gasteiger partial charge in [0.05, 0.1) is 0 Å². The summed E-state index contributed by atoms with van der Waals surface area (Å²) in [5.41, 5.74) is 6.25. The molecule has 2 heterocycles. The van der Waals surface area contributed by atoms with E-state index in [4.69, 9.17) is 10.5 Å². The molecule has 0 saturated heterocycles. The number of thiazole rings is 1. The quantitative estimate of drug-likeness (QED) is 0.803. The van der Waals surface area contributed by atoms with Gasteiger partial charge in [-0.3, -0.25) is 4.40 Å². The molecule has 0 bridgehead atoms. The van der Waals surface area contributed by atoms with E-state index in [-0.39, 0.29) is 18.2 Å². The molecule has 3 aromatic rings. The summed E-state index contributed by atoms with van der Waals surface area (Å²) in [5.74, 6) is -2.02. The van der Waals surface area contributed by atoms with Crippen molar-refractivity contribution in [3.8, 4) is 11.6 Å². The maximum atomic E-state index is 13.5. The van der Waals surface area contributed by atoms with Gasteiger partial charge in [-0.2, -0.15) is 9.37 Å². The Kier molecular flexibility index (Phi) is 2.92. The second-order valence-electron chi connectivity index (χ2n) is 3.78. The summed E-state index contributed by atoms with van der Waals surface area (Å²) < 4.78 is 33.7. The molecule has 0 fully saturated rings. The number of ether oxygens (including phenoxy) is 1. The largest absolute Gasteiger partial charge is 0.434 e. The average Bonchev–Trinajstić information content (AvgIpc) is 2.95. The number of aromatic nitrogens is 2. The van der Waals surface area contributed by atoms with E-state index in [1.54, 1.807) is 10.6 Å². The molecule has 0 unspecified atom stereocenters. The van der Waals surface area contributed by atoms with Crippen LogP contribution in [0.1, 0.15) is 5.69 Å². The first-order valence-electron chi connectivity index (χ1n) is 5.47. The average molecular weight is 281 g/mol. The number of nitrogens with two attached hydrogens (primary N) is 1. The van der Waals surface area contributed by atoms with Gasteiger partial charge in [-0.1, -0.05) is 6.07 Å². The summed E-state index contributed by atoms with van der Waals surface area (Å²) in [6, 6.07) is 3.73. The minimum absolute atomic E-state index is 0.185. The van der Waals surface area contributed by atoms with E-state index < -0.39 is 11.6 Å². The summed E-state index contributed by atoms with van der Waals surface area (Å²) in [6.45, 7) is 0.185. The van der Waals surface area contributed by atoms with Crippen LogP contribution in [0, 0.1) is 11.6 Å². The standard InChI is InChI=1S/C12H9F2N3OS/c13-7-2-1-3-9(10(7)14)18-11-8(6-15)17-4-5-19-12(17)16-11/h1-5H,6,15H2. The molecule has 19 heavy (non-hydrogen) atoms. The Morgan fingerprint density at radius 3 is 3.00 bits per heavy atom. The van der Waals surface area contributed by atoms with Crippen molar-refractivity contribution in [2.24, 2.45) is 5.73 Å². The van der Waals surface area contributed by atoms with Gasteiger partial charge >= 0.3 is 0 Å². The maximum absolute atomic E-state index is 13.5. The van der Waals surface area contributed by atoms with Crippen LogP contribution >= 0.6 is 11.3 Å². The van der Waals surface area contributed by atoms with Crippen LogP contribution in [0.2, 0.25) is 0 Å². The third-order valence-corrected chi connectivity index (χ3v) is 3.40. The molecule has 4 nitrogen and oxygen atoms in total. The van der Waals surface area contributed by atoms with Crippen molar-refractivity contribution in [1.29, 1.82) is 0 Å². The van der Waals surface area contributed by atoms with Crippen LogP contribution in [-0.2, 0) is 6.54 Å². The van der Waals surface area contributed by atoms with Gasteiger partial charge in [0.15, 0.2) is 16.5 Å². The highest BCUT2D eigenvalue weighted by Gasteiger charge is 2.16. The summed E-state index contributed by atoms with van der Waals surface area (Å²) in [6.07, 6.45) is 1.80. The molecule has 1 aromatic carbocycles. The van der Waals surface area contributed by atoms with E-state index >= 15 is 0 Å². The van der Waals surface area contributed by atoms with Crippen molar-refractivity contribution in [3.05, 3.63) is 47.1 Å². The molecule has 0 aliphatic heterocycles. The number of halogens is 2. The lowest BCUT2D eigenvalue weighted by atomic mass is 10.3. The molecule has 2 aromatic heterocycles. The topological polar surface area (TPSA) is 52.5 Å². The highest BCUT2D eigenvalue weighted by Crippen LogP contribution is 2.29. The van der Waals surface area contributed by atoms with Gasteiger partial charge in [0, 0.05) is 18.1 Å². The Bertz CT molecular complexity index is 738. The highest BCUT2D eigenvalue weighted by molar-refractivity contribution is 7.15. The molecule has 0 spiro atoms. The molecule has 0 saturated carbocycles. The van der Waals surface area contributed by atoms with E-state index in [0.29, 0.717) is 10.7 Å². The third-order valence-electron chi connectivity index (χ3n) is 2.64. The number of hydrogen-bond donors (Lipinski definition) is 1. The predicted octanol–water partition coefficient (Wildman–Crippen LogP) is 2.93. The summed E-state index contributed by atoms with van der Waals surface area (Å²) in [7, 11) is 0. The lowest BCUT2D eigenvalue weighted by Gasteiger charge is -2.06. The fourth-order valence-corrected chi connectivity index (χ4v) is 2.47. The predicted molar refractivity (Wildman–Crippen MR) is 67.4 cm³/mol. The number of imidazole rings is 1. The molecule has 0 aliphatic rings. The second kappa shape index (κ2) is 4.60. The maximum Gasteiger partial charge on any atom is 0.243 e. The SMILES string of the molecule is NCc1c(Oc2cccc(F)c2F)nc2sccn12. The Balaban J connectivity index is 2.05. The number of nitrogens with zero attached hydrogens (tertiary/aromatic N) is 2. The summed E-state index contributed by atoms with van der Waals surface area (Å²) >= 11 is 1.40. The first kappa shape index (κ1) is 12.1. The van der Waals surface area contributed by atoms with Gasteiger partial charge in [-0.15, -0.1) is 11.3 Å². The van der Waals surface area contributed by atoms with Crippen LogP contribution in [0.15, 0.2) is 29.8 Å². The van der Waals surface area contributed by atoms with Crippen LogP contribution < -0.4 is 10.5 Å². The van der Waals surface area contributed by atoms with Gasteiger partial charge in [0.1, 0.15) is 5.69 Å². The fourth-order valence-electron chi connectivity index (χ4n) is 1.75. The molecule has 3 rings (SSSR count). The smallest absolute Gasteiger partial charge is 0.243 e. The van der Waals surface area contributed by atoms with Crippen LogP contribution in [-0.4, -0.2) is 9.38 Å². The van der Waals surface area contributed by atoms with Gasteiger partial charge < -0.3 is 10.5 Å². The van der Waals surface area contributed by atoms with Crippen molar-refractivity contribution in [3.63, 3.8) is 0 Å². The van der Waals surface area contributed by atoms with E-state index in [1.807, 2.05) is 5.38 Å². The summed E-state index contributed by atoms with van der Waals surface area (Å²) in [4.78, 5) is 4.89. The number of fused-ring (bicyclic) bond motifs is 1. The molecule has 0 aliphatic carbocycles. The Labute approximate surface area is 111 Å². The zero-order valence-electron chi connectivity index (χ0n) is 9.64. The monoisotopic (exact) mass is 281 g/mol. The van der Waals surface area contributed by atoms with Crippen LogP contribution in [0.5, 0.6) is 11.6 Å². The lowest BCUT2D eigenvalue weighted by Crippen LogP contribution is -2.02. The van der Waals surface area contributed by atoms with E-state index in [1.165, 1.54) is 23.5 Å².